The number of rotatable bonds is 9. The lowest BCUT2D eigenvalue weighted by atomic mass is 10.2. The van der Waals surface area contributed by atoms with Gasteiger partial charge in [-0.25, -0.2) is 4.79 Å². The Morgan fingerprint density at radius 2 is 2.09 bits per heavy atom. The van der Waals surface area contributed by atoms with Crippen LogP contribution < -0.4 is 15.4 Å². The molecule has 1 aromatic carbocycles. The van der Waals surface area contributed by atoms with E-state index in [9.17, 15) is 9.59 Å². The monoisotopic (exact) mass is 319 g/mol. The number of nitrogens with one attached hydrogen (secondary N) is 2. The van der Waals surface area contributed by atoms with Gasteiger partial charge in [-0.1, -0.05) is 24.3 Å². The lowest BCUT2D eigenvalue weighted by Gasteiger charge is -2.16. The minimum Gasteiger partial charge on any atom is -0.493 e. The first-order valence-electron chi connectivity index (χ1n) is 7.58. The Kier molecular flexibility index (Phi) is 8.46. The molecule has 0 aromatic heterocycles. The first-order valence-corrected chi connectivity index (χ1v) is 7.58. The number of imide groups is 1. The number of ether oxygens (including phenoxy) is 1. The van der Waals surface area contributed by atoms with E-state index in [0.29, 0.717) is 19.7 Å². The van der Waals surface area contributed by atoms with Crippen LogP contribution in [0.5, 0.6) is 5.75 Å². The Morgan fingerprint density at radius 3 is 2.78 bits per heavy atom. The number of para-hydroxylation sites is 1. The van der Waals surface area contributed by atoms with E-state index in [2.05, 4.69) is 17.2 Å². The average molecular weight is 319 g/mol. The SMILES string of the molecule is C=CCNC(=O)NC(=O)CN(C)CCCOc1ccccc1C. The van der Waals surface area contributed by atoms with Crippen LogP contribution in [-0.4, -0.2) is 50.1 Å². The molecule has 0 atom stereocenters. The number of nitrogens with zero attached hydrogens (tertiary/aromatic N) is 1. The lowest BCUT2D eigenvalue weighted by Crippen LogP contribution is -2.44. The van der Waals surface area contributed by atoms with Crippen molar-refractivity contribution >= 4 is 11.9 Å². The summed E-state index contributed by atoms with van der Waals surface area (Å²) >= 11 is 0. The molecule has 0 bridgehead atoms. The summed E-state index contributed by atoms with van der Waals surface area (Å²) < 4.78 is 5.70. The van der Waals surface area contributed by atoms with Gasteiger partial charge < -0.3 is 10.1 Å². The molecule has 23 heavy (non-hydrogen) atoms. The summed E-state index contributed by atoms with van der Waals surface area (Å²) in [6.45, 7) is 7.25. The van der Waals surface area contributed by atoms with Gasteiger partial charge in [0.25, 0.3) is 0 Å². The van der Waals surface area contributed by atoms with Crippen molar-refractivity contribution in [2.75, 3.05) is 33.3 Å². The molecule has 0 fully saturated rings. The topological polar surface area (TPSA) is 70.7 Å². The smallest absolute Gasteiger partial charge is 0.321 e. The third-order valence-electron chi connectivity index (χ3n) is 3.11. The maximum absolute atomic E-state index is 11.7. The van der Waals surface area contributed by atoms with E-state index in [1.165, 1.54) is 0 Å². The summed E-state index contributed by atoms with van der Waals surface area (Å²) in [5, 5.41) is 4.74. The van der Waals surface area contributed by atoms with E-state index in [1.807, 2.05) is 43.1 Å². The van der Waals surface area contributed by atoms with Crippen LogP contribution in [0.2, 0.25) is 0 Å². The zero-order valence-corrected chi connectivity index (χ0v) is 13.8. The Labute approximate surface area is 137 Å². The van der Waals surface area contributed by atoms with Crippen LogP contribution in [0.25, 0.3) is 0 Å². The van der Waals surface area contributed by atoms with Gasteiger partial charge in [0, 0.05) is 13.1 Å². The Balaban J connectivity index is 2.17. The van der Waals surface area contributed by atoms with Crippen LogP contribution in [0.15, 0.2) is 36.9 Å². The summed E-state index contributed by atoms with van der Waals surface area (Å²) in [7, 11) is 1.83. The molecule has 0 unspecified atom stereocenters. The van der Waals surface area contributed by atoms with Crippen molar-refractivity contribution in [1.82, 2.24) is 15.5 Å². The summed E-state index contributed by atoms with van der Waals surface area (Å²) in [6, 6.07) is 7.35. The number of urea groups is 1. The molecule has 0 radical (unpaired) electrons. The van der Waals surface area contributed by atoms with Crippen LogP contribution in [0, 0.1) is 6.92 Å². The van der Waals surface area contributed by atoms with Crippen LogP contribution in [-0.2, 0) is 4.79 Å². The fraction of sp³-hybridized carbons (Fsp3) is 0.412. The molecule has 6 nitrogen and oxygen atoms in total. The number of hydrogen-bond acceptors (Lipinski definition) is 4. The molecular formula is C17H25N3O3. The summed E-state index contributed by atoms with van der Waals surface area (Å²) in [6.07, 6.45) is 2.34. The van der Waals surface area contributed by atoms with E-state index in [4.69, 9.17) is 4.74 Å². The van der Waals surface area contributed by atoms with Gasteiger partial charge in [0.05, 0.1) is 13.2 Å². The van der Waals surface area contributed by atoms with Gasteiger partial charge in [-0.05, 0) is 32.0 Å². The minimum atomic E-state index is -0.508. The van der Waals surface area contributed by atoms with Crippen molar-refractivity contribution in [3.05, 3.63) is 42.5 Å². The fourth-order valence-electron chi connectivity index (χ4n) is 1.93. The molecule has 0 aliphatic rings. The molecule has 6 heteroatoms. The van der Waals surface area contributed by atoms with Crippen molar-refractivity contribution in [3.63, 3.8) is 0 Å². The molecule has 2 N–H and O–H groups in total. The normalized spacial score (nSPS) is 10.2. The van der Waals surface area contributed by atoms with Crippen molar-refractivity contribution in [2.24, 2.45) is 0 Å². The first kappa shape index (κ1) is 18.7. The highest BCUT2D eigenvalue weighted by Crippen LogP contribution is 2.16. The van der Waals surface area contributed by atoms with Gasteiger partial charge in [0.2, 0.25) is 5.91 Å². The molecule has 0 aliphatic carbocycles. The summed E-state index contributed by atoms with van der Waals surface area (Å²) in [4.78, 5) is 24.8. The van der Waals surface area contributed by atoms with E-state index >= 15 is 0 Å². The molecule has 1 aromatic rings. The maximum atomic E-state index is 11.7. The predicted octanol–water partition coefficient (Wildman–Crippen LogP) is 1.71. The summed E-state index contributed by atoms with van der Waals surface area (Å²) in [5.74, 6) is 0.542. The van der Waals surface area contributed by atoms with E-state index in [-0.39, 0.29) is 12.5 Å². The molecule has 126 valence electrons. The number of carbonyl (C=O) groups excluding carboxylic acids is 2. The first-order chi connectivity index (χ1) is 11.0. The van der Waals surface area contributed by atoms with Crippen LogP contribution in [0.3, 0.4) is 0 Å². The molecular weight excluding hydrogens is 294 g/mol. The molecule has 0 spiro atoms. The fourth-order valence-corrected chi connectivity index (χ4v) is 1.93. The molecule has 1 rings (SSSR count). The third kappa shape index (κ3) is 8.01. The van der Waals surface area contributed by atoms with Gasteiger partial charge >= 0.3 is 6.03 Å². The summed E-state index contributed by atoms with van der Waals surface area (Å²) in [5.41, 5.74) is 1.10. The number of likely N-dealkylation sites (N-methyl/N-ethyl adjacent to an activating group) is 1. The van der Waals surface area contributed by atoms with Crippen LogP contribution in [0.4, 0.5) is 4.79 Å². The zero-order chi connectivity index (χ0) is 17.1. The number of amides is 3. The Morgan fingerprint density at radius 1 is 1.35 bits per heavy atom. The van der Waals surface area contributed by atoms with E-state index in [0.717, 1.165) is 17.7 Å². The molecule has 0 heterocycles. The van der Waals surface area contributed by atoms with Crippen molar-refractivity contribution in [2.45, 2.75) is 13.3 Å². The second kappa shape index (κ2) is 10.4. The van der Waals surface area contributed by atoms with Gasteiger partial charge in [-0.3, -0.25) is 15.0 Å². The predicted molar refractivity (Wildman–Crippen MR) is 90.5 cm³/mol. The van der Waals surface area contributed by atoms with E-state index < -0.39 is 6.03 Å². The van der Waals surface area contributed by atoms with Crippen LogP contribution >= 0.6 is 0 Å². The molecule has 3 amide bonds. The highest BCUT2D eigenvalue weighted by molar-refractivity contribution is 5.95. The molecule has 0 aliphatic heterocycles. The lowest BCUT2D eigenvalue weighted by molar-refractivity contribution is -0.120. The number of carbonyl (C=O) groups is 2. The van der Waals surface area contributed by atoms with E-state index in [1.54, 1.807) is 6.08 Å². The third-order valence-corrected chi connectivity index (χ3v) is 3.11. The van der Waals surface area contributed by atoms with Crippen LogP contribution in [0.1, 0.15) is 12.0 Å². The Bertz CT molecular complexity index is 532. The number of hydrogen-bond donors (Lipinski definition) is 2. The molecule has 0 saturated carbocycles. The molecule has 0 saturated heterocycles. The van der Waals surface area contributed by atoms with Gasteiger partial charge in [0.15, 0.2) is 0 Å². The van der Waals surface area contributed by atoms with Gasteiger partial charge in [-0.2, -0.15) is 0 Å². The zero-order valence-electron chi connectivity index (χ0n) is 13.8. The van der Waals surface area contributed by atoms with Crippen molar-refractivity contribution in [1.29, 1.82) is 0 Å². The van der Waals surface area contributed by atoms with Gasteiger partial charge in [0.1, 0.15) is 5.75 Å². The highest BCUT2D eigenvalue weighted by Gasteiger charge is 2.09. The minimum absolute atomic E-state index is 0.159. The number of benzene rings is 1. The second-order valence-corrected chi connectivity index (χ2v) is 5.25. The Hall–Kier alpha value is -2.34. The standard InChI is InChI=1S/C17H25N3O3/c1-4-10-18-17(22)19-16(21)13-20(3)11-7-12-23-15-9-6-5-8-14(15)2/h4-6,8-9H,1,7,10-13H2,2-3H3,(H2,18,19,21,22). The highest BCUT2D eigenvalue weighted by atomic mass is 16.5. The quantitative estimate of drug-likeness (QED) is 0.537. The number of aryl methyl sites for hydroxylation is 1. The largest absolute Gasteiger partial charge is 0.493 e. The maximum Gasteiger partial charge on any atom is 0.321 e. The second-order valence-electron chi connectivity index (χ2n) is 5.25. The van der Waals surface area contributed by atoms with Crippen molar-refractivity contribution < 1.29 is 14.3 Å². The van der Waals surface area contributed by atoms with Gasteiger partial charge in [-0.15, -0.1) is 6.58 Å². The van der Waals surface area contributed by atoms with Crippen molar-refractivity contribution in [3.8, 4) is 5.75 Å². The average Bonchev–Trinajstić information content (AvgIpc) is 2.51.